The van der Waals surface area contributed by atoms with Crippen LogP contribution in [0.1, 0.15) is 79.1 Å². The average molecular weight is 384 g/mol. The van der Waals surface area contributed by atoms with Gasteiger partial charge in [0, 0.05) is 0 Å². The Hall–Kier alpha value is -1.92. The minimum absolute atomic E-state index is 0.363. The van der Waals surface area contributed by atoms with E-state index in [2.05, 4.69) is 4.74 Å². The molecule has 1 fully saturated rings. The highest BCUT2D eigenvalue weighted by Gasteiger charge is 2.51. The molecule has 7 heteroatoms. The maximum Gasteiger partial charge on any atom is 0.359 e. The molecule has 0 aromatic carbocycles. The molecule has 4 atom stereocenters. The van der Waals surface area contributed by atoms with Crippen molar-refractivity contribution < 1.29 is 33.4 Å². The Morgan fingerprint density at radius 2 is 1.19 bits per heavy atom. The van der Waals surface area contributed by atoms with E-state index in [0.29, 0.717) is 25.7 Å². The highest BCUT2D eigenvalue weighted by atomic mass is 16.7. The summed E-state index contributed by atoms with van der Waals surface area (Å²) in [5, 5.41) is 0. The summed E-state index contributed by atoms with van der Waals surface area (Å²) < 4.78 is 15.0. The number of cyclic esters (lactones) is 2. The number of rotatable bonds is 12. The van der Waals surface area contributed by atoms with Gasteiger partial charge in [-0.25, -0.2) is 9.59 Å². The van der Waals surface area contributed by atoms with Gasteiger partial charge in [-0.15, -0.1) is 0 Å². The first-order valence-corrected chi connectivity index (χ1v) is 10.1. The molecular weight excluding hydrogens is 352 g/mol. The van der Waals surface area contributed by atoms with Crippen molar-refractivity contribution >= 4 is 23.9 Å². The van der Waals surface area contributed by atoms with Crippen molar-refractivity contribution in [2.45, 2.75) is 91.3 Å². The zero-order valence-corrected chi connectivity index (χ0v) is 16.8. The minimum atomic E-state index is -1.52. The van der Waals surface area contributed by atoms with Crippen LogP contribution in [0.4, 0.5) is 0 Å². The Morgan fingerprint density at radius 3 is 1.48 bits per heavy atom. The molecule has 7 nitrogen and oxygen atoms in total. The van der Waals surface area contributed by atoms with Crippen molar-refractivity contribution in [3.8, 4) is 0 Å². The van der Waals surface area contributed by atoms with Crippen LogP contribution in [-0.4, -0.2) is 36.1 Å². The molecule has 1 aliphatic heterocycles. The Labute approximate surface area is 161 Å². The van der Waals surface area contributed by atoms with Crippen LogP contribution in [-0.2, 0) is 33.4 Å². The predicted octanol–water partition coefficient (Wildman–Crippen LogP) is 3.33. The van der Waals surface area contributed by atoms with Crippen LogP contribution in [0.25, 0.3) is 0 Å². The van der Waals surface area contributed by atoms with Crippen LogP contribution in [0.15, 0.2) is 0 Å². The van der Waals surface area contributed by atoms with Crippen LogP contribution in [0.5, 0.6) is 0 Å². The number of hydrogen-bond acceptors (Lipinski definition) is 7. The lowest BCUT2D eigenvalue weighted by atomic mass is 9.99. The number of carbonyl (C=O) groups excluding carboxylic acids is 4. The Bertz CT molecular complexity index is 482. The fraction of sp³-hybridized carbons (Fsp3) is 0.800. The van der Waals surface area contributed by atoms with E-state index >= 15 is 0 Å². The monoisotopic (exact) mass is 384 g/mol. The molecule has 1 heterocycles. The fourth-order valence-corrected chi connectivity index (χ4v) is 3.00. The van der Waals surface area contributed by atoms with Gasteiger partial charge >= 0.3 is 23.9 Å². The van der Waals surface area contributed by atoms with Gasteiger partial charge in [0.15, 0.2) is 0 Å². The van der Waals surface area contributed by atoms with Crippen LogP contribution in [0.3, 0.4) is 0 Å². The van der Waals surface area contributed by atoms with Gasteiger partial charge in [-0.05, 0) is 25.7 Å². The van der Waals surface area contributed by atoms with E-state index in [1.165, 1.54) is 0 Å². The molecule has 0 amide bonds. The van der Waals surface area contributed by atoms with Crippen molar-refractivity contribution in [1.29, 1.82) is 0 Å². The molecule has 0 saturated carbocycles. The second kappa shape index (κ2) is 11.7. The van der Waals surface area contributed by atoms with Gasteiger partial charge in [0.25, 0.3) is 0 Å². The Balaban J connectivity index is 2.79. The zero-order chi connectivity index (χ0) is 20.4. The standard InChI is InChI=1S/C20H32O7/c1-5-9-11-13(7-3)17(21)25-15-16(20(24)27-19(15)23)26-18(22)14(8-4)12-10-6-2/h13-16H,5-12H2,1-4H3. The van der Waals surface area contributed by atoms with E-state index < -0.39 is 36.1 Å². The first-order chi connectivity index (χ1) is 12.9. The SMILES string of the molecule is CCCCC(CC)C(=O)OC1C(=O)OC(=O)C1OC(=O)C(CC)CCCC. The largest absolute Gasteiger partial charge is 0.445 e. The lowest BCUT2D eigenvalue weighted by molar-refractivity contribution is -0.174. The van der Waals surface area contributed by atoms with E-state index in [1.807, 2.05) is 27.7 Å². The Kier molecular flexibility index (Phi) is 10.0. The molecule has 0 aromatic rings. The predicted molar refractivity (Wildman–Crippen MR) is 97.5 cm³/mol. The molecular formula is C20H32O7. The fourth-order valence-electron chi connectivity index (χ4n) is 3.00. The second-order valence-corrected chi connectivity index (χ2v) is 6.95. The molecule has 0 spiro atoms. The molecule has 4 unspecified atom stereocenters. The van der Waals surface area contributed by atoms with E-state index in [9.17, 15) is 19.2 Å². The first-order valence-electron chi connectivity index (χ1n) is 10.1. The summed E-state index contributed by atoms with van der Waals surface area (Å²) in [7, 11) is 0. The molecule has 1 saturated heterocycles. The molecule has 0 bridgehead atoms. The number of esters is 4. The maximum atomic E-state index is 12.4. The third kappa shape index (κ3) is 6.63. The molecule has 154 valence electrons. The summed E-state index contributed by atoms with van der Waals surface area (Å²) >= 11 is 0. The van der Waals surface area contributed by atoms with Crippen LogP contribution < -0.4 is 0 Å². The molecule has 0 radical (unpaired) electrons. The maximum absolute atomic E-state index is 12.4. The minimum Gasteiger partial charge on any atom is -0.445 e. The normalized spacial score (nSPS) is 21.5. The van der Waals surface area contributed by atoms with Gasteiger partial charge in [0.2, 0.25) is 12.2 Å². The Morgan fingerprint density at radius 1 is 0.815 bits per heavy atom. The van der Waals surface area contributed by atoms with Crippen molar-refractivity contribution in [1.82, 2.24) is 0 Å². The highest BCUT2D eigenvalue weighted by Crippen LogP contribution is 2.24. The van der Waals surface area contributed by atoms with Gasteiger partial charge in [-0.3, -0.25) is 9.59 Å². The summed E-state index contributed by atoms with van der Waals surface area (Å²) in [4.78, 5) is 48.6. The van der Waals surface area contributed by atoms with Crippen LogP contribution in [0, 0.1) is 11.8 Å². The number of hydrogen-bond donors (Lipinski definition) is 0. The molecule has 27 heavy (non-hydrogen) atoms. The van der Waals surface area contributed by atoms with Crippen LogP contribution >= 0.6 is 0 Å². The average Bonchev–Trinajstić information content (AvgIpc) is 2.90. The summed E-state index contributed by atoms with van der Waals surface area (Å²) in [5.74, 6) is -3.84. The van der Waals surface area contributed by atoms with Gasteiger partial charge in [-0.1, -0.05) is 53.4 Å². The third-order valence-electron chi connectivity index (χ3n) is 4.89. The van der Waals surface area contributed by atoms with E-state index in [0.717, 1.165) is 25.7 Å². The lowest BCUT2D eigenvalue weighted by Crippen LogP contribution is -2.40. The van der Waals surface area contributed by atoms with Gasteiger partial charge in [0.05, 0.1) is 11.8 Å². The number of carbonyl (C=O) groups is 4. The summed E-state index contributed by atoms with van der Waals surface area (Å²) in [6.45, 7) is 7.75. The van der Waals surface area contributed by atoms with Crippen LogP contribution in [0.2, 0.25) is 0 Å². The summed E-state index contributed by atoms with van der Waals surface area (Å²) in [6, 6.07) is 0. The van der Waals surface area contributed by atoms with E-state index in [1.54, 1.807) is 0 Å². The summed E-state index contributed by atoms with van der Waals surface area (Å²) in [5.41, 5.74) is 0. The van der Waals surface area contributed by atoms with Crippen molar-refractivity contribution in [2.24, 2.45) is 11.8 Å². The lowest BCUT2D eigenvalue weighted by Gasteiger charge is -2.21. The quantitative estimate of drug-likeness (QED) is 0.289. The topological polar surface area (TPSA) is 96.0 Å². The highest BCUT2D eigenvalue weighted by molar-refractivity contribution is 6.01. The van der Waals surface area contributed by atoms with Gasteiger partial charge < -0.3 is 14.2 Å². The van der Waals surface area contributed by atoms with Gasteiger partial charge in [-0.2, -0.15) is 0 Å². The van der Waals surface area contributed by atoms with E-state index in [4.69, 9.17) is 9.47 Å². The summed E-state index contributed by atoms with van der Waals surface area (Å²) in [6.07, 6.45) is 2.95. The van der Waals surface area contributed by atoms with E-state index in [-0.39, 0.29) is 11.8 Å². The molecule has 0 aliphatic carbocycles. The van der Waals surface area contributed by atoms with Crippen molar-refractivity contribution in [3.63, 3.8) is 0 Å². The van der Waals surface area contributed by atoms with Crippen molar-refractivity contribution in [3.05, 3.63) is 0 Å². The van der Waals surface area contributed by atoms with Gasteiger partial charge in [0.1, 0.15) is 0 Å². The first kappa shape index (κ1) is 23.1. The van der Waals surface area contributed by atoms with Crippen molar-refractivity contribution in [2.75, 3.05) is 0 Å². The smallest absolute Gasteiger partial charge is 0.359 e. The number of ether oxygens (including phenoxy) is 3. The third-order valence-corrected chi connectivity index (χ3v) is 4.89. The zero-order valence-electron chi connectivity index (χ0n) is 16.8. The molecule has 0 aromatic heterocycles. The number of unbranched alkanes of at least 4 members (excludes halogenated alkanes) is 2. The molecule has 1 aliphatic rings. The molecule has 1 rings (SSSR count). The molecule has 0 N–H and O–H groups in total. The second-order valence-electron chi connectivity index (χ2n) is 6.95.